The van der Waals surface area contributed by atoms with Crippen molar-refractivity contribution in [2.45, 2.75) is 45.9 Å². The molecule has 0 atom stereocenters. The Hall–Kier alpha value is -1.23. The highest BCUT2D eigenvalue weighted by Gasteiger charge is 2.19. The molecule has 136 valence electrons. The molecular weight excluding hydrogens is 402 g/mol. The molecule has 25 heavy (non-hydrogen) atoms. The number of nitrogens with one attached hydrogen (secondary N) is 1. The molecule has 3 nitrogen and oxygen atoms in total. The highest BCUT2D eigenvalue weighted by Crippen LogP contribution is 2.37. The van der Waals surface area contributed by atoms with Crippen molar-refractivity contribution in [3.8, 4) is 11.5 Å². The lowest BCUT2D eigenvalue weighted by Crippen LogP contribution is -2.38. The van der Waals surface area contributed by atoms with E-state index < -0.39 is 0 Å². The molecule has 0 saturated carbocycles. The molecular formula is C20H25BrClNO2. The molecule has 2 aromatic rings. The third kappa shape index (κ3) is 5.63. The highest BCUT2D eigenvalue weighted by atomic mass is 79.9. The zero-order valence-corrected chi connectivity index (χ0v) is 17.5. The maximum absolute atomic E-state index is 6.13. The molecule has 0 aliphatic heterocycles. The Balaban J connectivity index is 2.26. The minimum absolute atomic E-state index is 0.0484. The van der Waals surface area contributed by atoms with E-state index in [9.17, 15) is 0 Å². The van der Waals surface area contributed by atoms with Crippen molar-refractivity contribution in [3.05, 3.63) is 57.0 Å². The molecule has 0 aromatic heterocycles. The summed E-state index contributed by atoms with van der Waals surface area (Å²) in [4.78, 5) is 0. The van der Waals surface area contributed by atoms with Gasteiger partial charge in [-0.05, 0) is 50.1 Å². The largest absolute Gasteiger partial charge is 0.493 e. The minimum atomic E-state index is 0.0484. The standard InChI is InChI=1S/C20H25BrClNO2/c1-5-20(2,3)23-12-16-17(21)9-10-18(24-4)19(16)25-13-14-7-6-8-15(22)11-14/h6-11,23H,5,12-13H2,1-4H3. The van der Waals surface area contributed by atoms with Gasteiger partial charge in [-0.2, -0.15) is 0 Å². The zero-order chi connectivity index (χ0) is 18.4. The predicted molar refractivity (Wildman–Crippen MR) is 108 cm³/mol. The van der Waals surface area contributed by atoms with Crippen LogP contribution in [0.1, 0.15) is 38.3 Å². The van der Waals surface area contributed by atoms with Gasteiger partial charge in [0.25, 0.3) is 0 Å². The van der Waals surface area contributed by atoms with Crippen LogP contribution in [-0.2, 0) is 13.2 Å². The van der Waals surface area contributed by atoms with Crippen LogP contribution in [0.15, 0.2) is 40.9 Å². The van der Waals surface area contributed by atoms with Crippen LogP contribution >= 0.6 is 27.5 Å². The summed E-state index contributed by atoms with van der Waals surface area (Å²) >= 11 is 9.70. The molecule has 0 unspecified atom stereocenters. The van der Waals surface area contributed by atoms with E-state index in [0.29, 0.717) is 18.2 Å². The van der Waals surface area contributed by atoms with E-state index in [2.05, 4.69) is 42.0 Å². The van der Waals surface area contributed by atoms with Crippen LogP contribution in [0.4, 0.5) is 0 Å². The number of methoxy groups -OCH3 is 1. The van der Waals surface area contributed by atoms with Crippen molar-refractivity contribution < 1.29 is 9.47 Å². The van der Waals surface area contributed by atoms with Crippen LogP contribution < -0.4 is 14.8 Å². The summed E-state index contributed by atoms with van der Waals surface area (Å²) in [5.41, 5.74) is 2.11. The van der Waals surface area contributed by atoms with Crippen molar-refractivity contribution in [1.29, 1.82) is 0 Å². The monoisotopic (exact) mass is 425 g/mol. The lowest BCUT2D eigenvalue weighted by molar-refractivity contribution is 0.278. The number of benzene rings is 2. The molecule has 5 heteroatoms. The zero-order valence-electron chi connectivity index (χ0n) is 15.2. The summed E-state index contributed by atoms with van der Waals surface area (Å²) in [5.74, 6) is 1.47. The summed E-state index contributed by atoms with van der Waals surface area (Å²) in [6.07, 6.45) is 1.04. The summed E-state index contributed by atoms with van der Waals surface area (Å²) in [7, 11) is 1.66. The first kappa shape index (κ1) is 20.1. The average Bonchev–Trinajstić information content (AvgIpc) is 2.59. The third-order valence-corrected chi connectivity index (χ3v) is 5.26. The summed E-state index contributed by atoms with van der Waals surface area (Å²) < 4.78 is 12.6. The summed E-state index contributed by atoms with van der Waals surface area (Å²) in [6, 6.07) is 11.6. The first-order chi connectivity index (χ1) is 11.9. The second kappa shape index (κ2) is 8.93. The average molecular weight is 427 g/mol. The fourth-order valence-electron chi connectivity index (χ4n) is 2.30. The van der Waals surface area contributed by atoms with Gasteiger partial charge >= 0.3 is 0 Å². The van der Waals surface area contributed by atoms with Crippen LogP contribution in [0.2, 0.25) is 5.02 Å². The maximum atomic E-state index is 6.13. The fourth-order valence-corrected chi connectivity index (χ4v) is 2.97. The van der Waals surface area contributed by atoms with Crippen LogP contribution in [0.25, 0.3) is 0 Å². The van der Waals surface area contributed by atoms with Crippen molar-refractivity contribution in [3.63, 3.8) is 0 Å². The molecule has 0 bridgehead atoms. The van der Waals surface area contributed by atoms with Crippen molar-refractivity contribution >= 4 is 27.5 Å². The molecule has 2 rings (SSSR count). The first-order valence-corrected chi connectivity index (χ1v) is 9.51. The van der Waals surface area contributed by atoms with Crippen LogP contribution in [0, 0.1) is 0 Å². The molecule has 0 aliphatic carbocycles. The maximum Gasteiger partial charge on any atom is 0.167 e. The highest BCUT2D eigenvalue weighted by molar-refractivity contribution is 9.10. The van der Waals surface area contributed by atoms with E-state index >= 15 is 0 Å². The number of hydrogen-bond donors (Lipinski definition) is 1. The molecule has 0 heterocycles. The molecule has 2 aromatic carbocycles. The van der Waals surface area contributed by atoms with E-state index in [-0.39, 0.29) is 5.54 Å². The second-order valence-corrected chi connectivity index (χ2v) is 7.86. The Morgan fingerprint density at radius 3 is 2.60 bits per heavy atom. The quantitative estimate of drug-likeness (QED) is 0.564. The summed E-state index contributed by atoms with van der Waals surface area (Å²) in [5, 5.41) is 4.28. The molecule has 0 fully saturated rings. The Morgan fingerprint density at radius 1 is 1.20 bits per heavy atom. The van der Waals surface area contributed by atoms with Gasteiger partial charge < -0.3 is 14.8 Å². The third-order valence-electron chi connectivity index (χ3n) is 4.29. The Bertz CT molecular complexity index is 719. The van der Waals surface area contributed by atoms with Gasteiger partial charge in [-0.25, -0.2) is 0 Å². The van der Waals surface area contributed by atoms with Gasteiger partial charge in [0.2, 0.25) is 0 Å². The van der Waals surface area contributed by atoms with Gasteiger partial charge in [0.05, 0.1) is 7.11 Å². The SMILES string of the molecule is CCC(C)(C)NCc1c(Br)ccc(OC)c1OCc1cccc(Cl)c1. The molecule has 0 amide bonds. The second-order valence-electron chi connectivity index (χ2n) is 6.57. The van der Waals surface area contributed by atoms with Gasteiger partial charge in [0.1, 0.15) is 6.61 Å². The van der Waals surface area contributed by atoms with Gasteiger partial charge in [-0.15, -0.1) is 0 Å². The van der Waals surface area contributed by atoms with Crippen molar-refractivity contribution in [2.75, 3.05) is 7.11 Å². The van der Waals surface area contributed by atoms with E-state index in [1.807, 2.05) is 36.4 Å². The van der Waals surface area contributed by atoms with Crippen molar-refractivity contribution in [2.24, 2.45) is 0 Å². The number of hydrogen-bond acceptors (Lipinski definition) is 3. The normalized spacial score (nSPS) is 11.4. The topological polar surface area (TPSA) is 30.5 Å². The Kier molecular flexibility index (Phi) is 7.17. The predicted octanol–water partition coefficient (Wildman–Crippen LogP) is 5.97. The van der Waals surface area contributed by atoms with Crippen LogP contribution in [0.5, 0.6) is 11.5 Å². The van der Waals surface area contributed by atoms with E-state index in [1.54, 1.807) is 7.11 Å². The van der Waals surface area contributed by atoms with Gasteiger partial charge in [-0.3, -0.25) is 0 Å². The number of ether oxygens (including phenoxy) is 2. The summed E-state index contributed by atoms with van der Waals surface area (Å²) in [6.45, 7) is 7.66. The van der Waals surface area contributed by atoms with E-state index in [1.165, 1.54) is 0 Å². The lowest BCUT2D eigenvalue weighted by atomic mass is 10.0. The Labute approximate surface area is 163 Å². The van der Waals surface area contributed by atoms with E-state index in [4.69, 9.17) is 21.1 Å². The minimum Gasteiger partial charge on any atom is -0.493 e. The molecule has 1 N–H and O–H groups in total. The van der Waals surface area contributed by atoms with Crippen LogP contribution in [-0.4, -0.2) is 12.6 Å². The number of halogens is 2. The Morgan fingerprint density at radius 2 is 1.96 bits per heavy atom. The van der Waals surface area contributed by atoms with Gasteiger partial charge in [0, 0.05) is 27.1 Å². The fraction of sp³-hybridized carbons (Fsp3) is 0.400. The lowest BCUT2D eigenvalue weighted by Gasteiger charge is -2.26. The smallest absolute Gasteiger partial charge is 0.167 e. The first-order valence-electron chi connectivity index (χ1n) is 8.34. The molecule has 0 saturated heterocycles. The van der Waals surface area contributed by atoms with Crippen molar-refractivity contribution in [1.82, 2.24) is 5.32 Å². The number of rotatable bonds is 8. The molecule has 0 spiro atoms. The molecule has 0 aliphatic rings. The van der Waals surface area contributed by atoms with Crippen LogP contribution in [0.3, 0.4) is 0 Å². The molecule has 0 radical (unpaired) electrons. The van der Waals surface area contributed by atoms with Gasteiger partial charge in [-0.1, -0.05) is 46.6 Å². The van der Waals surface area contributed by atoms with E-state index in [0.717, 1.165) is 33.5 Å². The van der Waals surface area contributed by atoms with Gasteiger partial charge in [0.15, 0.2) is 11.5 Å².